The van der Waals surface area contributed by atoms with Gasteiger partial charge in [0.2, 0.25) is 5.91 Å². The molecule has 0 aromatic carbocycles. The van der Waals surface area contributed by atoms with Gasteiger partial charge in [-0.15, -0.1) is 11.3 Å². The fourth-order valence-corrected chi connectivity index (χ4v) is 3.30. The van der Waals surface area contributed by atoms with Crippen LogP contribution in [-0.4, -0.2) is 39.8 Å². The highest BCUT2D eigenvalue weighted by molar-refractivity contribution is 7.13. The number of aromatic nitrogens is 2. The lowest BCUT2D eigenvalue weighted by molar-refractivity contribution is -0.123. The zero-order chi connectivity index (χ0) is 15.5. The fourth-order valence-electron chi connectivity index (χ4n) is 2.67. The molecule has 114 valence electrons. The van der Waals surface area contributed by atoms with Crippen LogP contribution in [-0.2, 0) is 4.79 Å². The highest BCUT2D eigenvalue weighted by atomic mass is 32.1. The van der Waals surface area contributed by atoms with Gasteiger partial charge in [-0.25, -0.2) is 0 Å². The number of hydrogen-bond donors (Lipinski definition) is 1. The summed E-state index contributed by atoms with van der Waals surface area (Å²) in [7, 11) is 0. The number of likely N-dealkylation sites (tertiary alicyclic amines) is 1. The second-order valence-electron chi connectivity index (χ2n) is 5.26. The van der Waals surface area contributed by atoms with Crippen molar-refractivity contribution < 1.29 is 9.59 Å². The van der Waals surface area contributed by atoms with E-state index in [2.05, 4.69) is 9.97 Å². The Bertz CT molecular complexity index is 687. The summed E-state index contributed by atoms with van der Waals surface area (Å²) in [6.45, 7) is 1.02. The molecule has 2 amide bonds. The zero-order valence-electron chi connectivity index (χ0n) is 11.9. The molecule has 22 heavy (non-hydrogen) atoms. The smallest absolute Gasteiger partial charge is 0.256 e. The first-order valence-corrected chi connectivity index (χ1v) is 7.97. The Morgan fingerprint density at radius 1 is 1.41 bits per heavy atom. The van der Waals surface area contributed by atoms with E-state index in [0.717, 1.165) is 17.7 Å². The van der Waals surface area contributed by atoms with Crippen LogP contribution in [0.1, 0.15) is 23.2 Å². The number of rotatable bonds is 3. The Hall–Kier alpha value is -2.28. The largest absolute Gasteiger partial charge is 0.369 e. The first-order chi connectivity index (χ1) is 10.7. The third-order valence-corrected chi connectivity index (χ3v) is 4.59. The number of nitrogens with zero attached hydrogens (tertiary/aromatic N) is 3. The van der Waals surface area contributed by atoms with Gasteiger partial charge in [-0.2, -0.15) is 0 Å². The molecule has 0 bridgehead atoms. The molecule has 0 spiro atoms. The van der Waals surface area contributed by atoms with E-state index in [9.17, 15) is 9.59 Å². The van der Waals surface area contributed by atoms with E-state index in [0.29, 0.717) is 24.3 Å². The van der Waals surface area contributed by atoms with Crippen molar-refractivity contribution in [2.24, 2.45) is 11.7 Å². The van der Waals surface area contributed by atoms with Crippen LogP contribution in [0, 0.1) is 5.92 Å². The van der Waals surface area contributed by atoms with E-state index in [-0.39, 0.29) is 17.7 Å². The maximum Gasteiger partial charge on any atom is 0.256 e. The topological polar surface area (TPSA) is 89.2 Å². The molecule has 1 fully saturated rings. The van der Waals surface area contributed by atoms with Gasteiger partial charge in [-0.1, -0.05) is 0 Å². The molecule has 3 rings (SSSR count). The summed E-state index contributed by atoms with van der Waals surface area (Å²) >= 11 is 1.44. The summed E-state index contributed by atoms with van der Waals surface area (Å²) in [6.07, 6.45) is 4.89. The van der Waals surface area contributed by atoms with Gasteiger partial charge in [0.25, 0.3) is 5.91 Å². The summed E-state index contributed by atoms with van der Waals surface area (Å²) in [5.74, 6) is -0.713. The van der Waals surface area contributed by atoms with E-state index in [4.69, 9.17) is 5.73 Å². The van der Waals surface area contributed by atoms with Crippen LogP contribution < -0.4 is 5.73 Å². The molecule has 2 N–H and O–H groups in total. The molecule has 1 saturated heterocycles. The van der Waals surface area contributed by atoms with Crippen LogP contribution in [0.4, 0.5) is 0 Å². The minimum Gasteiger partial charge on any atom is -0.369 e. The van der Waals surface area contributed by atoms with Crippen LogP contribution in [0.2, 0.25) is 0 Å². The average Bonchev–Trinajstić information content (AvgIpc) is 3.08. The first kappa shape index (κ1) is 14.6. The van der Waals surface area contributed by atoms with E-state index in [1.807, 2.05) is 0 Å². The maximum atomic E-state index is 12.8. The summed E-state index contributed by atoms with van der Waals surface area (Å²) in [5.41, 5.74) is 8.26. The predicted molar refractivity (Wildman–Crippen MR) is 83.2 cm³/mol. The third kappa shape index (κ3) is 2.85. The van der Waals surface area contributed by atoms with Gasteiger partial charge < -0.3 is 10.6 Å². The molecule has 6 nitrogen and oxygen atoms in total. The van der Waals surface area contributed by atoms with Crippen molar-refractivity contribution in [1.29, 1.82) is 0 Å². The molecular weight excluding hydrogens is 300 g/mol. The highest BCUT2D eigenvalue weighted by Gasteiger charge is 2.29. The standard InChI is InChI=1S/C15H16N4O2S/c16-14(20)10-3-2-6-19(8-10)15(21)11-4-1-5-18-13(11)12-7-17-9-22-12/h1,4-5,7,9-10H,2-3,6,8H2,(H2,16,20). The normalized spacial score (nSPS) is 18.2. The molecule has 1 atom stereocenters. The van der Waals surface area contributed by atoms with E-state index in [1.54, 1.807) is 34.9 Å². The SMILES string of the molecule is NC(=O)C1CCCN(C(=O)c2cccnc2-c2cncs2)C1. The van der Waals surface area contributed by atoms with Gasteiger partial charge in [0.15, 0.2) is 0 Å². The number of amides is 2. The third-order valence-electron chi connectivity index (χ3n) is 3.81. The quantitative estimate of drug-likeness (QED) is 0.930. The molecule has 0 saturated carbocycles. The number of nitrogens with two attached hydrogens (primary N) is 1. The molecule has 0 radical (unpaired) electrons. The minimum atomic E-state index is -0.341. The number of primary amides is 1. The van der Waals surface area contributed by atoms with Crippen molar-refractivity contribution in [2.45, 2.75) is 12.8 Å². The Morgan fingerprint density at radius 2 is 2.27 bits per heavy atom. The molecule has 2 aromatic heterocycles. The molecule has 3 heterocycles. The second kappa shape index (κ2) is 6.23. The lowest BCUT2D eigenvalue weighted by Gasteiger charge is -2.31. The van der Waals surface area contributed by atoms with Crippen molar-refractivity contribution in [3.63, 3.8) is 0 Å². The Kier molecular flexibility index (Phi) is 4.15. The lowest BCUT2D eigenvalue weighted by atomic mass is 9.96. The van der Waals surface area contributed by atoms with Gasteiger partial charge in [-0.3, -0.25) is 19.6 Å². The molecule has 1 unspecified atom stereocenters. The maximum absolute atomic E-state index is 12.8. The fraction of sp³-hybridized carbons (Fsp3) is 0.333. The van der Waals surface area contributed by atoms with Gasteiger partial charge in [-0.05, 0) is 25.0 Å². The molecular formula is C15H16N4O2S. The van der Waals surface area contributed by atoms with Gasteiger partial charge in [0.1, 0.15) is 0 Å². The number of carbonyl (C=O) groups excluding carboxylic acids is 2. The van der Waals surface area contributed by atoms with Crippen molar-refractivity contribution in [2.75, 3.05) is 13.1 Å². The number of thiazole rings is 1. The first-order valence-electron chi connectivity index (χ1n) is 7.09. The summed E-state index contributed by atoms with van der Waals surface area (Å²) in [5, 5.41) is 0. The van der Waals surface area contributed by atoms with Crippen molar-refractivity contribution in [3.05, 3.63) is 35.6 Å². The zero-order valence-corrected chi connectivity index (χ0v) is 12.8. The molecule has 1 aliphatic rings. The average molecular weight is 316 g/mol. The Labute approximate surface area is 132 Å². The summed E-state index contributed by atoms with van der Waals surface area (Å²) in [4.78, 5) is 35.1. The predicted octanol–water partition coefficient (Wildman–Crippen LogP) is 1.54. The van der Waals surface area contributed by atoms with Gasteiger partial charge in [0, 0.05) is 25.5 Å². The highest BCUT2D eigenvalue weighted by Crippen LogP contribution is 2.27. The molecule has 0 aliphatic carbocycles. The summed E-state index contributed by atoms with van der Waals surface area (Å²) in [6, 6.07) is 3.51. The van der Waals surface area contributed by atoms with Gasteiger partial charge in [0.05, 0.1) is 27.6 Å². The van der Waals surface area contributed by atoms with Crippen LogP contribution >= 0.6 is 11.3 Å². The van der Waals surface area contributed by atoms with E-state index < -0.39 is 0 Å². The number of pyridine rings is 1. The van der Waals surface area contributed by atoms with E-state index in [1.165, 1.54) is 11.3 Å². The second-order valence-corrected chi connectivity index (χ2v) is 6.14. The Balaban J connectivity index is 1.88. The van der Waals surface area contributed by atoms with Crippen molar-refractivity contribution in [3.8, 4) is 10.6 Å². The van der Waals surface area contributed by atoms with E-state index >= 15 is 0 Å². The monoisotopic (exact) mass is 316 g/mol. The number of piperidine rings is 1. The van der Waals surface area contributed by atoms with Crippen LogP contribution in [0.25, 0.3) is 10.6 Å². The molecule has 7 heteroatoms. The minimum absolute atomic E-state index is 0.109. The van der Waals surface area contributed by atoms with Crippen LogP contribution in [0.15, 0.2) is 30.0 Å². The van der Waals surface area contributed by atoms with Gasteiger partial charge >= 0.3 is 0 Å². The van der Waals surface area contributed by atoms with Crippen molar-refractivity contribution >= 4 is 23.2 Å². The van der Waals surface area contributed by atoms with Crippen LogP contribution in [0.5, 0.6) is 0 Å². The van der Waals surface area contributed by atoms with Crippen LogP contribution in [0.3, 0.4) is 0 Å². The number of carbonyl (C=O) groups is 2. The number of hydrogen-bond acceptors (Lipinski definition) is 5. The summed E-state index contributed by atoms with van der Waals surface area (Å²) < 4.78 is 0. The lowest BCUT2D eigenvalue weighted by Crippen LogP contribution is -2.44. The van der Waals surface area contributed by atoms with Crippen molar-refractivity contribution in [1.82, 2.24) is 14.9 Å². The molecule has 2 aromatic rings. The Morgan fingerprint density at radius 3 is 3.00 bits per heavy atom. The molecule has 1 aliphatic heterocycles.